The standard InChI is InChI=1S/C40H43F3N6O3/c1-39(2,3)52-38(50)49-22-8-12-33(49)37-46-34(35(47-37)40(41,42)43)30-19-15-28(16-20-30)27-13-17-29(18-14-27)31-23-44-36(45-31)32-11-7-21-48(32)25-51-24-26-9-5-4-6-10-26/h4-6,9-10,13-20,23,32-33H,7-8,11-12,21-22,24-25H2,1-3H3,(H,44,45)(H,46,47)/t32-,33-/m0/s1. The molecule has 7 rings (SSSR count). The van der Waals surface area contributed by atoms with Gasteiger partial charge >= 0.3 is 12.3 Å². The van der Waals surface area contributed by atoms with Gasteiger partial charge in [-0.25, -0.2) is 14.8 Å². The number of imidazole rings is 2. The van der Waals surface area contributed by atoms with Crippen LogP contribution < -0.4 is 0 Å². The van der Waals surface area contributed by atoms with Crippen molar-refractivity contribution < 1.29 is 27.4 Å². The van der Waals surface area contributed by atoms with Crippen molar-refractivity contribution in [2.75, 3.05) is 19.8 Å². The highest BCUT2D eigenvalue weighted by molar-refractivity contribution is 5.73. The fourth-order valence-corrected chi connectivity index (χ4v) is 7.01. The Morgan fingerprint density at radius 1 is 0.808 bits per heavy atom. The fourth-order valence-electron chi connectivity index (χ4n) is 7.01. The van der Waals surface area contributed by atoms with Crippen LogP contribution in [0.25, 0.3) is 33.6 Å². The Kier molecular flexibility index (Phi) is 9.95. The molecule has 2 saturated heterocycles. The number of hydrogen-bond acceptors (Lipinski definition) is 6. The number of carbonyl (C=O) groups is 1. The molecule has 2 aliphatic rings. The Morgan fingerprint density at radius 3 is 2.12 bits per heavy atom. The number of ether oxygens (including phenoxy) is 2. The summed E-state index contributed by atoms with van der Waals surface area (Å²) in [5.41, 5.74) is 3.29. The van der Waals surface area contributed by atoms with E-state index in [9.17, 15) is 18.0 Å². The Hall–Kier alpha value is -4.94. The van der Waals surface area contributed by atoms with Gasteiger partial charge in [0.1, 0.15) is 35.4 Å². The lowest BCUT2D eigenvalue weighted by Gasteiger charge is -2.27. The molecule has 2 atom stereocenters. The van der Waals surface area contributed by atoms with Gasteiger partial charge in [-0.3, -0.25) is 9.80 Å². The van der Waals surface area contributed by atoms with E-state index in [1.54, 1.807) is 45.0 Å². The molecule has 52 heavy (non-hydrogen) atoms. The molecule has 0 unspecified atom stereocenters. The summed E-state index contributed by atoms with van der Waals surface area (Å²) in [5, 5.41) is 0. The summed E-state index contributed by atoms with van der Waals surface area (Å²) in [5.74, 6) is 1.02. The normalized spacial score (nSPS) is 18.3. The third-order valence-corrected chi connectivity index (χ3v) is 9.53. The quantitative estimate of drug-likeness (QED) is 0.158. The molecule has 2 aromatic heterocycles. The molecule has 0 aliphatic carbocycles. The van der Waals surface area contributed by atoms with E-state index in [4.69, 9.17) is 14.5 Å². The highest BCUT2D eigenvalue weighted by atomic mass is 19.4. The Bertz CT molecular complexity index is 1970. The maximum atomic E-state index is 14.3. The topological polar surface area (TPSA) is 99.4 Å². The second-order valence-electron chi connectivity index (χ2n) is 14.4. The Balaban J connectivity index is 1.03. The molecule has 9 nitrogen and oxygen atoms in total. The molecule has 0 bridgehead atoms. The van der Waals surface area contributed by atoms with Crippen molar-refractivity contribution in [3.63, 3.8) is 0 Å². The monoisotopic (exact) mass is 712 g/mol. The second kappa shape index (κ2) is 14.6. The van der Waals surface area contributed by atoms with Gasteiger partial charge in [-0.15, -0.1) is 0 Å². The van der Waals surface area contributed by atoms with E-state index in [0.29, 0.717) is 38.3 Å². The molecular formula is C40H43F3N6O3. The van der Waals surface area contributed by atoms with E-state index in [0.717, 1.165) is 53.2 Å². The number of aromatic nitrogens is 4. The molecule has 1 amide bonds. The molecule has 2 fully saturated rings. The van der Waals surface area contributed by atoms with Gasteiger partial charge in [0, 0.05) is 18.7 Å². The maximum Gasteiger partial charge on any atom is 0.433 e. The lowest BCUT2D eigenvalue weighted by Crippen LogP contribution is -2.36. The number of alkyl halides is 3. The molecule has 5 aromatic rings. The first-order valence-corrected chi connectivity index (χ1v) is 17.7. The van der Waals surface area contributed by atoms with Crippen molar-refractivity contribution in [1.82, 2.24) is 29.7 Å². The predicted molar refractivity (Wildman–Crippen MR) is 192 cm³/mol. The van der Waals surface area contributed by atoms with Gasteiger partial charge in [-0.05, 0) is 68.7 Å². The third-order valence-electron chi connectivity index (χ3n) is 9.53. The van der Waals surface area contributed by atoms with Crippen LogP contribution >= 0.6 is 0 Å². The van der Waals surface area contributed by atoms with Gasteiger partial charge in [-0.1, -0.05) is 78.9 Å². The predicted octanol–water partition coefficient (Wildman–Crippen LogP) is 9.54. The molecule has 0 spiro atoms. The summed E-state index contributed by atoms with van der Waals surface area (Å²) in [6.07, 6.45) is -0.161. The van der Waals surface area contributed by atoms with Gasteiger partial charge in [0.05, 0.1) is 30.6 Å². The number of rotatable bonds is 9. The Labute approximate surface area is 301 Å². The van der Waals surface area contributed by atoms with Crippen molar-refractivity contribution in [1.29, 1.82) is 0 Å². The molecular weight excluding hydrogens is 669 g/mol. The van der Waals surface area contributed by atoms with Crippen LogP contribution in [0.3, 0.4) is 0 Å². The van der Waals surface area contributed by atoms with Gasteiger partial charge in [0.25, 0.3) is 0 Å². The van der Waals surface area contributed by atoms with Crippen LogP contribution in [0.2, 0.25) is 0 Å². The molecule has 0 radical (unpaired) electrons. The van der Waals surface area contributed by atoms with Crippen molar-refractivity contribution >= 4 is 6.09 Å². The number of nitrogens with one attached hydrogen (secondary N) is 2. The summed E-state index contributed by atoms with van der Waals surface area (Å²) in [7, 11) is 0. The van der Waals surface area contributed by atoms with E-state index in [2.05, 4.69) is 32.0 Å². The van der Waals surface area contributed by atoms with Crippen LogP contribution in [0.4, 0.5) is 18.0 Å². The number of benzene rings is 3. The van der Waals surface area contributed by atoms with Gasteiger partial charge < -0.3 is 19.4 Å². The van der Waals surface area contributed by atoms with Crippen molar-refractivity contribution in [3.05, 3.63) is 108 Å². The zero-order valence-corrected chi connectivity index (χ0v) is 29.5. The number of H-pyrrole nitrogens is 2. The number of hydrogen-bond donors (Lipinski definition) is 2. The first-order valence-electron chi connectivity index (χ1n) is 17.7. The zero-order valence-electron chi connectivity index (χ0n) is 29.5. The first kappa shape index (κ1) is 35.5. The molecule has 2 aliphatic heterocycles. The van der Waals surface area contributed by atoms with E-state index in [1.165, 1.54) is 4.90 Å². The summed E-state index contributed by atoms with van der Waals surface area (Å²) < 4.78 is 54.3. The highest BCUT2D eigenvalue weighted by Crippen LogP contribution is 2.40. The molecule has 3 aromatic carbocycles. The van der Waals surface area contributed by atoms with E-state index < -0.39 is 29.6 Å². The number of carbonyl (C=O) groups excluding carboxylic acids is 1. The van der Waals surface area contributed by atoms with Crippen LogP contribution in [-0.4, -0.2) is 61.3 Å². The van der Waals surface area contributed by atoms with Crippen LogP contribution in [0.1, 0.15) is 81.4 Å². The smallest absolute Gasteiger partial charge is 0.433 e. The zero-order chi connectivity index (χ0) is 36.5. The molecule has 272 valence electrons. The molecule has 4 heterocycles. The summed E-state index contributed by atoms with van der Waals surface area (Å²) in [6.45, 7) is 7.71. The summed E-state index contributed by atoms with van der Waals surface area (Å²) in [6, 6.07) is 24.6. The average molecular weight is 713 g/mol. The molecule has 0 saturated carbocycles. The highest BCUT2D eigenvalue weighted by Gasteiger charge is 2.41. The fraction of sp³-hybridized carbons (Fsp3) is 0.375. The van der Waals surface area contributed by atoms with E-state index >= 15 is 0 Å². The van der Waals surface area contributed by atoms with Crippen LogP contribution in [0.15, 0.2) is 85.1 Å². The number of nitrogens with zero attached hydrogens (tertiary/aromatic N) is 4. The SMILES string of the molecule is CC(C)(C)OC(=O)N1CCC[C@H]1c1nc(-c2ccc(-c3ccc(-c4cnc([C@@H]5CCCN5COCc5ccccc5)[nH]4)cc3)cc2)c(C(F)(F)F)[nH]1. The first-order chi connectivity index (χ1) is 24.9. The van der Waals surface area contributed by atoms with Crippen LogP contribution in [0.5, 0.6) is 0 Å². The largest absolute Gasteiger partial charge is 0.444 e. The lowest BCUT2D eigenvalue weighted by molar-refractivity contribution is -0.140. The minimum Gasteiger partial charge on any atom is -0.444 e. The Morgan fingerprint density at radius 2 is 1.44 bits per heavy atom. The summed E-state index contributed by atoms with van der Waals surface area (Å²) in [4.78, 5) is 31.8. The third kappa shape index (κ3) is 7.93. The van der Waals surface area contributed by atoms with Crippen molar-refractivity contribution in [2.45, 2.75) is 76.9 Å². The number of halogens is 3. The maximum absolute atomic E-state index is 14.3. The minimum absolute atomic E-state index is 0.101. The molecule has 12 heteroatoms. The number of aromatic amines is 2. The van der Waals surface area contributed by atoms with Crippen molar-refractivity contribution in [2.24, 2.45) is 0 Å². The van der Waals surface area contributed by atoms with E-state index in [1.807, 2.05) is 48.7 Å². The lowest BCUT2D eigenvalue weighted by atomic mass is 10.0. The molecule has 2 N–H and O–H groups in total. The van der Waals surface area contributed by atoms with Crippen molar-refractivity contribution in [3.8, 4) is 33.6 Å². The van der Waals surface area contributed by atoms with Gasteiger partial charge in [0.2, 0.25) is 0 Å². The van der Waals surface area contributed by atoms with E-state index in [-0.39, 0.29) is 17.6 Å². The van der Waals surface area contributed by atoms with Gasteiger partial charge in [-0.2, -0.15) is 13.2 Å². The number of amides is 1. The van der Waals surface area contributed by atoms with Crippen LogP contribution in [0, 0.1) is 0 Å². The number of likely N-dealkylation sites (tertiary alicyclic amines) is 2. The second-order valence-corrected chi connectivity index (χ2v) is 14.4. The van der Waals surface area contributed by atoms with Crippen LogP contribution in [-0.2, 0) is 22.3 Å². The van der Waals surface area contributed by atoms with Gasteiger partial charge in [0.15, 0.2) is 0 Å². The average Bonchev–Trinajstić information content (AvgIpc) is 3.94. The minimum atomic E-state index is -4.66. The summed E-state index contributed by atoms with van der Waals surface area (Å²) >= 11 is 0.